The van der Waals surface area contributed by atoms with Gasteiger partial charge in [-0.05, 0) is 5.75 Å². The number of carbonyl (C=O) groups is 1. The monoisotopic (exact) mass is 532 g/mol. The SMILES string of the molecule is CCSC(=S)CC(=O)c1ccccc1.CS(C)=O.[Cl-].[Pt+2]. The maximum atomic E-state index is 11.6. The number of hydrogen-bond donors (Lipinski definition) is 0. The second-order valence-corrected chi connectivity index (χ2v) is 7.11. The minimum atomic E-state index is -0.611. The van der Waals surface area contributed by atoms with Crippen molar-refractivity contribution in [1.82, 2.24) is 0 Å². The molecular formula is C13H18ClO2PtS3+. The number of Topliss-reactive ketones (excluding diaryl/α,β-unsaturated/α-hetero) is 1. The van der Waals surface area contributed by atoms with Gasteiger partial charge in [0.15, 0.2) is 5.78 Å². The average molecular weight is 533 g/mol. The van der Waals surface area contributed by atoms with Gasteiger partial charge < -0.3 is 12.4 Å². The second kappa shape index (κ2) is 15.8. The van der Waals surface area contributed by atoms with Crippen molar-refractivity contribution >= 4 is 44.8 Å². The van der Waals surface area contributed by atoms with Crippen molar-refractivity contribution in [2.45, 2.75) is 13.3 Å². The molecule has 0 fully saturated rings. The van der Waals surface area contributed by atoms with Crippen molar-refractivity contribution in [2.75, 3.05) is 18.3 Å². The van der Waals surface area contributed by atoms with Crippen LogP contribution in [0.4, 0.5) is 0 Å². The molecule has 116 valence electrons. The van der Waals surface area contributed by atoms with Crippen LogP contribution < -0.4 is 12.4 Å². The van der Waals surface area contributed by atoms with Crippen molar-refractivity contribution in [2.24, 2.45) is 0 Å². The predicted octanol–water partition coefficient (Wildman–Crippen LogP) is 0.336. The van der Waals surface area contributed by atoms with Gasteiger partial charge in [-0.1, -0.05) is 49.5 Å². The van der Waals surface area contributed by atoms with E-state index in [0.29, 0.717) is 6.42 Å². The topological polar surface area (TPSA) is 34.1 Å². The third-order valence-electron chi connectivity index (χ3n) is 1.71. The van der Waals surface area contributed by atoms with Gasteiger partial charge in [-0.15, -0.1) is 11.8 Å². The first-order chi connectivity index (χ1) is 8.47. The number of halogens is 1. The number of carbonyl (C=O) groups excluding carboxylic acids is 1. The van der Waals surface area contributed by atoms with E-state index in [1.165, 1.54) is 0 Å². The second-order valence-electron chi connectivity index (χ2n) is 3.51. The summed E-state index contributed by atoms with van der Waals surface area (Å²) in [5.41, 5.74) is 0.742. The molecule has 0 aliphatic carbocycles. The van der Waals surface area contributed by atoms with E-state index in [1.54, 1.807) is 24.3 Å². The molecule has 0 saturated carbocycles. The van der Waals surface area contributed by atoms with Gasteiger partial charge in [0.1, 0.15) is 0 Å². The van der Waals surface area contributed by atoms with Crippen molar-refractivity contribution < 1.29 is 42.5 Å². The number of ketones is 1. The largest absolute Gasteiger partial charge is 2.00 e. The molecule has 0 radical (unpaired) electrons. The predicted molar refractivity (Wildman–Crippen MR) is 86.1 cm³/mol. The summed E-state index contributed by atoms with van der Waals surface area (Å²) in [6, 6.07) is 9.27. The van der Waals surface area contributed by atoms with Crippen LogP contribution in [-0.2, 0) is 31.9 Å². The van der Waals surface area contributed by atoms with Gasteiger partial charge in [0.05, 0.1) is 10.6 Å². The van der Waals surface area contributed by atoms with Crippen LogP contribution in [0.5, 0.6) is 0 Å². The Morgan fingerprint density at radius 2 is 1.70 bits per heavy atom. The minimum Gasteiger partial charge on any atom is -1.00 e. The fourth-order valence-electron chi connectivity index (χ4n) is 1.07. The van der Waals surface area contributed by atoms with Crippen LogP contribution in [0, 0.1) is 0 Å². The normalized spacial score (nSPS) is 8.60. The van der Waals surface area contributed by atoms with Crippen LogP contribution in [0.3, 0.4) is 0 Å². The molecule has 0 aromatic heterocycles. The zero-order valence-electron chi connectivity index (χ0n) is 11.5. The van der Waals surface area contributed by atoms with E-state index >= 15 is 0 Å². The van der Waals surface area contributed by atoms with E-state index in [-0.39, 0.29) is 39.3 Å². The summed E-state index contributed by atoms with van der Waals surface area (Å²) in [5, 5.41) is 0. The first kappa shape index (κ1) is 25.4. The van der Waals surface area contributed by atoms with Gasteiger partial charge >= 0.3 is 21.1 Å². The summed E-state index contributed by atoms with van der Waals surface area (Å²) in [5.74, 6) is 1.04. The van der Waals surface area contributed by atoms with E-state index in [9.17, 15) is 9.00 Å². The molecule has 2 nitrogen and oxygen atoms in total. The maximum absolute atomic E-state index is 11.6. The number of thiocarbonyl (C=S) groups is 1. The number of rotatable bonds is 4. The number of benzene rings is 1. The van der Waals surface area contributed by atoms with Gasteiger partial charge in [0, 0.05) is 28.9 Å². The van der Waals surface area contributed by atoms with E-state index in [4.69, 9.17) is 12.2 Å². The molecule has 0 heterocycles. The van der Waals surface area contributed by atoms with Gasteiger partial charge in [-0.3, -0.25) is 9.00 Å². The van der Waals surface area contributed by atoms with Crippen molar-refractivity contribution in [3.63, 3.8) is 0 Å². The summed E-state index contributed by atoms with van der Waals surface area (Å²) < 4.78 is 10.3. The van der Waals surface area contributed by atoms with Crippen molar-refractivity contribution in [3.05, 3.63) is 35.9 Å². The maximum Gasteiger partial charge on any atom is 2.00 e. The molecule has 0 bridgehead atoms. The fourth-order valence-corrected chi connectivity index (χ4v) is 2.11. The van der Waals surface area contributed by atoms with Crippen LogP contribution in [0.15, 0.2) is 30.3 Å². The molecule has 0 aliphatic rings. The summed E-state index contributed by atoms with van der Waals surface area (Å²) in [6.07, 6.45) is 3.65. The summed E-state index contributed by atoms with van der Waals surface area (Å²) >= 11 is 6.64. The minimum absolute atomic E-state index is 0. The van der Waals surface area contributed by atoms with Crippen LogP contribution in [0.2, 0.25) is 0 Å². The van der Waals surface area contributed by atoms with Gasteiger partial charge in [-0.2, -0.15) is 0 Å². The van der Waals surface area contributed by atoms with Crippen molar-refractivity contribution in [3.8, 4) is 0 Å². The molecule has 0 unspecified atom stereocenters. The smallest absolute Gasteiger partial charge is 1.00 e. The molecular weight excluding hydrogens is 515 g/mol. The zero-order chi connectivity index (χ0) is 14.0. The Bertz CT molecular complexity index is 409. The molecule has 1 rings (SSSR count). The molecule has 1 aromatic rings. The Kier molecular flexibility index (Phi) is 20.1. The molecule has 0 atom stereocenters. The van der Waals surface area contributed by atoms with E-state index in [0.717, 1.165) is 15.5 Å². The first-order valence-electron chi connectivity index (χ1n) is 5.46. The molecule has 0 saturated heterocycles. The Morgan fingerprint density at radius 1 is 1.25 bits per heavy atom. The summed E-state index contributed by atoms with van der Waals surface area (Å²) in [6.45, 7) is 2.03. The molecule has 7 heteroatoms. The molecule has 0 amide bonds. The Balaban J connectivity index is -0.000000429. The Labute approximate surface area is 154 Å². The third-order valence-corrected chi connectivity index (χ3v) is 2.96. The summed E-state index contributed by atoms with van der Waals surface area (Å²) in [4.78, 5) is 11.6. The van der Waals surface area contributed by atoms with Crippen LogP contribution in [0.25, 0.3) is 0 Å². The summed E-state index contributed by atoms with van der Waals surface area (Å²) in [7, 11) is -0.611. The number of hydrogen-bond acceptors (Lipinski definition) is 4. The van der Waals surface area contributed by atoms with Gasteiger partial charge in [0.25, 0.3) is 0 Å². The van der Waals surface area contributed by atoms with E-state index in [1.807, 2.05) is 37.3 Å². The quantitative estimate of drug-likeness (QED) is 0.414. The standard InChI is InChI=1S/C11H12OS2.C2H6OS.ClH.Pt/c1-2-14-11(13)8-10(12)9-6-4-3-5-7-9;1-4(2)3;;/h3-7H,2,8H2,1H3;1-2H3;1H;/q;;;+2/p-1. The van der Waals surface area contributed by atoms with Crippen LogP contribution in [-0.4, -0.2) is 32.5 Å². The zero-order valence-corrected chi connectivity index (χ0v) is 17.0. The number of thioether (sulfide) groups is 1. The van der Waals surface area contributed by atoms with E-state index < -0.39 is 10.8 Å². The van der Waals surface area contributed by atoms with Crippen LogP contribution >= 0.6 is 24.0 Å². The van der Waals surface area contributed by atoms with Gasteiger partial charge in [0.2, 0.25) is 0 Å². The molecule has 0 N–H and O–H groups in total. The molecule has 20 heavy (non-hydrogen) atoms. The molecule has 0 spiro atoms. The fraction of sp³-hybridized carbons (Fsp3) is 0.385. The Morgan fingerprint density at radius 3 is 2.10 bits per heavy atom. The van der Waals surface area contributed by atoms with Crippen LogP contribution in [0.1, 0.15) is 23.7 Å². The van der Waals surface area contributed by atoms with E-state index in [2.05, 4.69) is 0 Å². The molecule has 1 aromatic carbocycles. The first-order valence-corrected chi connectivity index (χ1v) is 8.82. The third kappa shape index (κ3) is 14.9. The van der Waals surface area contributed by atoms with Gasteiger partial charge in [-0.25, -0.2) is 0 Å². The average Bonchev–Trinajstić information content (AvgIpc) is 2.29. The Hall–Kier alpha value is 0.458. The van der Waals surface area contributed by atoms with Crippen molar-refractivity contribution in [1.29, 1.82) is 0 Å². The molecule has 0 aliphatic heterocycles.